The lowest BCUT2D eigenvalue weighted by Gasteiger charge is -2.15. The number of benzene rings is 1. The highest BCUT2D eigenvalue weighted by Gasteiger charge is 2.34. The zero-order valence-corrected chi connectivity index (χ0v) is 10.4. The number of rotatable bonds is 6. The molecule has 0 aliphatic heterocycles. The maximum Gasteiger partial charge on any atom is 0.419 e. The third-order valence-corrected chi connectivity index (χ3v) is 2.29. The lowest BCUT2D eigenvalue weighted by molar-refractivity contribution is -0.139. The van der Waals surface area contributed by atoms with Gasteiger partial charge in [-0.15, -0.1) is 0 Å². The van der Waals surface area contributed by atoms with Gasteiger partial charge >= 0.3 is 6.18 Å². The van der Waals surface area contributed by atoms with Gasteiger partial charge in [-0.05, 0) is 25.1 Å². The van der Waals surface area contributed by atoms with E-state index in [1.807, 2.05) is 0 Å². The van der Waals surface area contributed by atoms with E-state index in [0.717, 1.165) is 12.1 Å². The zero-order chi connectivity index (χ0) is 14.5. The van der Waals surface area contributed by atoms with Crippen molar-refractivity contribution in [1.82, 2.24) is 0 Å². The first-order valence-electron chi connectivity index (χ1n) is 5.62. The Hall–Kier alpha value is -1.76. The van der Waals surface area contributed by atoms with Crippen LogP contribution in [0.25, 0.3) is 0 Å². The molecule has 0 unspecified atom stereocenters. The minimum atomic E-state index is -4.56. The second kappa shape index (κ2) is 6.42. The first kappa shape index (κ1) is 15.3. The lowest BCUT2D eigenvalue weighted by atomic mass is 10.1. The standard InChI is InChI=1S/C12H15F3N2O2/c1-2-18-5-6-19-10-4-3-8(11(16)17)7-9(10)12(13,14)15/h3-4,7H,2,5-6H2,1H3,(H3,16,17). The number of hydrogen-bond donors (Lipinski definition) is 2. The molecular weight excluding hydrogens is 261 g/mol. The Bertz CT molecular complexity index is 447. The maximum absolute atomic E-state index is 12.8. The highest BCUT2D eigenvalue weighted by Crippen LogP contribution is 2.36. The summed E-state index contributed by atoms with van der Waals surface area (Å²) >= 11 is 0. The molecule has 1 rings (SSSR count). The number of alkyl halides is 3. The summed E-state index contributed by atoms with van der Waals surface area (Å²) in [6, 6.07) is 3.28. The average Bonchev–Trinajstić information content (AvgIpc) is 2.33. The lowest BCUT2D eigenvalue weighted by Crippen LogP contribution is -2.16. The van der Waals surface area contributed by atoms with E-state index in [1.54, 1.807) is 6.92 Å². The number of hydrogen-bond acceptors (Lipinski definition) is 3. The monoisotopic (exact) mass is 276 g/mol. The largest absolute Gasteiger partial charge is 0.491 e. The van der Waals surface area contributed by atoms with Crippen molar-refractivity contribution in [2.45, 2.75) is 13.1 Å². The van der Waals surface area contributed by atoms with Gasteiger partial charge in [0.15, 0.2) is 0 Å². The quantitative estimate of drug-likeness (QED) is 0.476. The Morgan fingerprint density at radius 2 is 2.00 bits per heavy atom. The van der Waals surface area contributed by atoms with E-state index in [1.165, 1.54) is 6.07 Å². The van der Waals surface area contributed by atoms with Gasteiger partial charge in [0.25, 0.3) is 0 Å². The van der Waals surface area contributed by atoms with E-state index >= 15 is 0 Å². The van der Waals surface area contributed by atoms with Crippen molar-refractivity contribution in [2.75, 3.05) is 19.8 Å². The summed E-state index contributed by atoms with van der Waals surface area (Å²) in [5.41, 5.74) is 4.23. The fourth-order valence-corrected chi connectivity index (χ4v) is 1.40. The van der Waals surface area contributed by atoms with Crippen LogP contribution < -0.4 is 10.5 Å². The Morgan fingerprint density at radius 3 is 2.53 bits per heavy atom. The summed E-state index contributed by atoms with van der Waals surface area (Å²) in [6.07, 6.45) is -4.56. The van der Waals surface area contributed by atoms with Crippen LogP contribution in [0.4, 0.5) is 13.2 Å². The third kappa shape index (κ3) is 4.44. The first-order valence-corrected chi connectivity index (χ1v) is 5.62. The van der Waals surface area contributed by atoms with Crippen molar-refractivity contribution in [1.29, 1.82) is 5.41 Å². The van der Waals surface area contributed by atoms with Gasteiger partial charge in [-0.1, -0.05) is 0 Å². The van der Waals surface area contributed by atoms with Crippen molar-refractivity contribution in [2.24, 2.45) is 5.73 Å². The fourth-order valence-electron chi connectivity index (χ4n) is 1.40. The maximum atomic E-state index is 12.8. The van der Waals surface area contributed by atoms with Crippen LogP contribution >= 0.6 is 0 Å². The molecule has 0 radical (unpaired) electrons. The first-order chi connectivity index (χ1) is 8.86. The van der Waals surface area contributed by atoms with E-state index < -0.39 is 17.6 Å². The van der Waals surface area contributed by atoms with Crippen LogP contribution in [0.5, 0.6) is 5.75 Å². The summed E-state index contributed by atoms with van der Waals surface area (Å²) in [7, 11) is 0. The predicted molar refractivity (Wildman–Crippen MR) is 64.4 cm³/mol. The minimum Gasteiger partial charge on any atom is -0.491 e. The summed E-state index contributed by atoms with van der Waals surface area (Å²) < 4.78 is 48.6. The Kier molecular flexibility index (Phi) is 5.17. The van der Waals surface area contributed by atoms with Crippen LogP contribution in [-0.2, 0) is 10.9 Å². The minimum absolute atomic E-state index is 0.00415. The normalized spacial score (nSPS) is 11.4. The molecule has 1 aromatic carbocycles. The second-order valence-electron chi connectivity index (χ2n) is 3.67. The van der Waals surface area contributed by atoms with E-state index in [-0.39, 0.29) is 24.5 Å². The number of ether oxygens (including phenoxy) is 2. The predicted octanol–water partition coefficient (Wildman–Crippen LogP) is 2.40. The molecule has 0 saturated carbocycles. The van der Waals surface area contributed by atoms with Crippen molar-refractivity contribution < 1.29 is 22.6 Å². The zero-order valence-electron chi connectivity index (χ0n) is 10.4. The molecule has 0 aromatic heterocycles. The molecule has 0 aliphatic carbocycles. The molecule has 19 heavy (non-hydrogen) atoms. The van der Waals surface area contributed by atoms with Crippen molar-refractivity contribution in [3.8, 4) is 5.75 Å². The molecule has 106 valence electrons. The van der Waals surface area contributed by atoms with E-state index in [2.05, 4.69) is 0 Å². The average molecular weight is 276 g/mol. The third-order valence-electron chi connectivity index (χ3n) is 2.29. The number of halogens is 3. The van der Waals surface area contributed by atoms with Crippen LogP contribution in [0.3, 0.4) is 0 Å². The summed E-state index contributed by atoms with van der Waals surface area (Å²) in [5, 5.41) is 7.15. The van der Waals surface area contributed by atoms with Crippen LogP contribution in [0.15, 0.2) is 18.2 Å². The molecule has 1 aromatic rings. The summed E-state index contributed by atoms with van der Waals surface area (Å²) in [4.78, 5) is 0. The Balaban J connectivity index is 2.93. The smallest absolute Gasteiger partial charge is 0.419 e. The van der Waals surface area contributed by atoms with E-state index in [0.29, 0.717) is 6.61 Å². The van der Waals surface area contributed by atoms with Crippen molar-refractivity contribution in [3.05, 3.63) is 29.3 Å². The molecule has 7 heteroatoms. The molecule has 3 N–H and O–H groups in total. The molecule has 0 bridgehead atoms. The highest BCUT2D eigenvalue weighted by molar-refractivity contribution is 5.95. The van der Waals surface area contributed by atoms with Gasteiger partial charge in [0.1, 0.15) is 18.2 Å². The van der Waals surface area contributed by atoms with Crippen molar-refractivity contribution in [3.63, 3.8) is 0 Å². The second-order valence-corrected chi connectivity index (χ2v) is 3.67. The van der Waals surface area contributed by atoms with Crippen LogP contribution in [0.1, 0.15) is 18.1 Å². The van der Waals surface area contributed by atoms with Gasteiger partial charge in [0, 0.05) is 12.2 Å². The highest BCUT2D eigenvalue weighted by atomic mass is 19.4. The summed E-state index contributed by atoms with van der Waals surface area (Å²) in [6.45, 7) is 2.49. The molecule has 4 nitrogen and oxygen atoms in total. The van der Waals surface area contributed by atoms with Gasteiger partial charge in [-0.2, -0.15) is 13.2 Å². The molecule has 0 atom stereocenters. The molecule has 0 heterocycles. The van der Waals surface area contributed by atoms with E-state index in [4.69, 9.17) is 20.6 Å². The van der Waals surface area contributed by atoms with Gasteiger partial charge in [0.2, 0.25) is 0 Å². The van der Waals surface area contributed by atoms with Gasteiger partial charge < -0.3 is 15.2 Å². The molecule has 0 fully saturated rings. The van der Waals surface area contributed by atoms with Crippen LogP contribution in [-0.4, -0.2) is 25.7 Å². The molecule has 0 amide bonds. The Labute approximate surface area is 108 Å². The number of nitrogens with one attached hydrogen (secondary N) is 1. The SMILES string of the molecule is CCOCCOc1ccc(C(=N)N)cc1C(F)(F)F. The van der Waals surface area contributed by atoms with Crippen LogP contribution in [0, 0.1) is 5.41 Å². The van der Waals surface area contributed by atoms with Crippen molar-refractivity contribution >= 4 is 5.84 Å². The van der Waals surface area contributed by atoms with Crippen LogP contribution in [0.2, 0.25) is 0 Å². The molecule has 0 aliphatic rings. The summed E-state index contributed by atoms with van der Waals surface area (Å²) in [5.74, 6) is -0.719. The van der Waals surface area contributed by atoms with Gasteiger partial charge in [0.05, 0.1) is 12.2 Å². The van der Waals surface area contributed by atoms with Gasteiger partial charge in [-0.25, -0.2) is 0 Å². The molecule has 0 saturated heterocycles. The molecular formula is C12H15F3N2O2. The number of nitrogens with two attached hydrogens (primary N) is 1. The fraction of sp³-hybridized carbons (Fsp3) is 0.417. The topological polar surface area (TPSA) is 68.3 Å². The number of nitrogen functional groups attached to an aromatic ring is 1. The number of amidine groups is 1. The van der Waals surface area contributed by atoms with E-state index in [9.17, 15) is 13.2 Å². The Morgan fingerprint density at radius 1 is 1.32 bits per heavy atom. The van der Waals surface area contributed by atoms with Gasteiger partial charge in [-0.3, -0.25) is 5.41 Å². The molecule has 0 spiro atoms.